The summed E-state index contributed by atoms with van der Waals surface area (Å²) in [6, 6.07) is 9.83. The molecule has 0 saturated heterocycles. The molecule has 2 rings (SSSR count). The SMILES string of the molecule is Cc1ccn(C(C)C)c(=O)c1Cc1ccc(Cl)cc1. The summed E-state index contributed by atoms with van der Waals surface area (Å²) >= 11 is 5.88. The summed E-state index contributed by atoms with van der Waals surface area (Å²) in [6.45, 7) is 6.02. The van der Waals surface area contributed by atoms with Crippen molar-refractivity contribution in [2.45, 2.75) is 33.2 Å². The second kappa shape index (κ2) is 5.62. The van der Waals surface area contributed by atoms with Crippen LogP contribution in [0.3, 0.4) is 0 Å². The van der Waals surface area contributed by atoms with E-state index < -0.39 is 0 Å². The molecule has 2 aromatic rings. The molecule has 1 aromatic carbocycles. The quantitative estimate of drug-likeness (QED) is 0.830. The van der Waals surface area contributed by atoms with Gasteiger partial charge in [0.05, 0.1) is 0 Å². The number of pyridine rings is 1. The van der Waals surface area contributed by atoms with Crippen LogP contribution in [0.1, 0.15) is 36.6 Å². The number of hydrogen-bond donors (Lipinski definition) is 0. The fraction of sp³-hybridized carbons (Fsp3) is 0.312. The Hall–Kier alpha value is -1.54. The summed E-state index contributed by atoms with van der Waals surface area (Å²) in [6.07, 6.45) is 2.52. The number of rotatable bonds is 3. The zero-order valence-corrected chi connectivity index (χ0v) is 12.2. The van der Waals surface area contributed by atoms with E-state index in [1.54, 1.807) is 4.57 Å². The van der Waals surface area contributed by atoms with E-state index in [0.29, 0.717) is 11.4 Å². The Morgan fingerprint density at radius 1 is 1.16 bits per heavy atom. The van der Waals surface area contributed by atoms with E-state index in [0.717, 1.165) is 16.7 Å². The molecule has 0 aliphatic heterocycles. The molecule has 0 amide bonds. The first-order chi connectivity index (χ1) is 8.99. The van der Waals surface area contributed by atoms with E-state index in [-0.39, 0.29) is 11.6 Å². The van der Waals surface area contributed by atoms with E-state index in [1.807, 2.05) is 57.3 Å². The molecule has 100 valence electrons. The van der Waals surface area contributed by atoms with Gasteiger partial charge in [0.2, 0.25) is 0 Å². The average Bonchev–Trinajstić information content (AvgIpc) is 2.36. The van der Waals surface area contributed by atoms with Crippen molar-refractivity contribution < 1.29 is 0 Å². The first-order valence-corrected chi connectivity index (χ1v) is 6.82. The molecule has 0 unspecified atom stereocenters. The Kier molecular flexibility index (Phi) is 4.11. The van der Waals surface area contributed by atoms with Gasteiger partial charge in [-0.05, 0) is 50.1 Å². The van der Waals surface area contributed by atoms with Gasteiger partial charge in [0.15, 0.2) is 0 Å². The maximum absolute atomic E-state index is 12.4. The lowest BCUT2D eigenvalue weighted by molar-refractivity contribution is 0.573. The van der Waals surface area contributed by atoms with Crippen LogP contribution in [-0.2, 0) is 6.42 Å². The highest BCUT2D eigenvalue weighted by Gasteiger charge is 2.10. The third kappa shape index (κ3) is 3.07. The number of aromatic nitrogens is 1. The summed E-state index contributed by atoms with van der Waals surface area (Å²) in [5.41, 5.74) is 3.10. The molecule has 0 radical (unpaired) electrons. The summed E-state index contributed by atoms with van der Waals surface area (Å²) in [5, 5.41) is 0.716. The number of halogens is 1. The highest BCUT2D eigenvalue weighted by molar-refractivity contribution is 6.30. The van der Waals surface area contributed by atoms with Crippen LogP contribution in [0.4, 0.5) is 0 Å². The first kappa shape index (κ1) is 13.9. The van der Waals surface area contributed by atoms with Crippen molar-refractivity contribution in [3.63, 3.8) is 0 Å². The third-order valence-corrected chi connectivity index (χ3v) is 3.56. The number of aryl methyl sites for hydroxylation is 1. The van der Waals surface area contributed by atoms with Crippen LogP contribution < -0.4 is 5.56 Å². The van der Waals surface area contributed by atoms with Gasteiger partial charge < -0.3 is 4.57 Å². The zero-order chi connectivity index (χ0) is 14.0. The molecule has 0 atom stereocenters. The summed E-state index contributed by atoms with van der Waals surface area (Å²) in [7, 11) is 0. The van der Waals surface area contributed by atoms with Gasteiger partial charge in [-0.25, -0.2) is 0 Å². The largest absolute Gasteiger partial charge is 0.313 e. The van der Waals surface area contributed by atoms with Gasteiger partial charge in [-0.15, -0.1) is 0 Å². The predicted molar refractivity (Wildman–Crippen MR) is 80.1 cm³/mol. The maximum Gasteiger partial charge on any atom is 0.254 e. The van der Waals surface area contributed by atoms with Crippen molar-refractivity contribution in [2.24, 2.45) is 0 Å². The van der Waals surface area contributed by atoms with E-state index in [2.05, 4.69) is 0 Å². The molecule has 1 heterocycles. The van der Waals surface area contributed by atoms with Crippen LogP contribution in [0.25, 0.3) is 0 Å². The lowest BCUT2D eigenvalue weighted by Gasteiger charge is -2.13. The molecular weight excluding hydrogens is 258 g/mol. The van der Waals surface area contributed by atoms with Crippen molar-refractivity contribution in [1.29, 1.82) is 0 Å². The monoisotopic (exact) mass is 275 g/mol. The second-order valence-corrected chi connectivity index (χ2v) is 5.52. The van der Waals surface area contributed by atoms with Crippen molar-refractivity contribution >= 4 is 11.6 Å². The highest BCUT2D eigenvalue weighted by atomic mass is 35.5. The Balaban J connectivity index is 2.42. The number of nitrogens with zero attached hydrogens (tertiary/aromatic N) is 1. The van der Waals surface area contributed by atoms with E-state index in [9.17, 15) is 4.79 Å². The molecule has 0 aliphatic rings. The van der Waals surface area contributed by atoms with Crippen LogP contribution in [0.15, 0.2) is 41.3 Å². The molecule has 1 aromatic heterocycles. The Morgan fingerprint density at radius 2 is 1.79 bits per heavy atom. The van der Waals surface area contributed by atoms with Gasteiger partial charge in [0, 0.05) is 29.2 Å². The fourth-order valence-electron chi connectivity index (χ4n) is 2.11. The normalized spacial score (nSPS) is 11.0. The van der Waals surface area contributed by atoms with Gasteiger partial charge in [0.25, 0.3) is 5.56 Å². The smallest absolute Gasteiger partial charge is 0.254 e. The van der Waals surface area contributed by atoms with E-state index >= 15 is 0 Å². The zero-order valence-electron chi connectivity index (χ0n) is 11.5. The molecule has 0 bridgehead atoms. The molecule has 19 heavy (non-hydrogen) atoms. The topological polar surface area (TPSA) is 22.0 Å². The predicted octanol–water partition coefficient (Wildman–Crippen LogP) is 3.98. The van der Waals surface area contributed by atoms with Crippen molar-refractivity contribution in [2.75, 3.05) is 0 Å². The number of benzene rings is 1. The van der Waals surface area contributed by atoms with Crippen LogP contribution >= 0.6 is 11.6 Å². The standard InChI is InChI=1S/C16H18ClNO/c1-11(2)18-9-8-12(3)15(16(18)19)10-13-4-6-14(17)7-5-13/h4-9,11H,10H2,1-3H3. The molecular formula is C16H18ClNO. The first-order valence-electron chi connectivity index (χ1n) is 6.44. The minimum atomic E-state index is 0.102. The van der Waals surface area contributed by atoms with Gasteiger partial charge in [0.1, 0.15) is 0 Å². The van der Waals surface area contributed by atoms with E-state index in [1.165, 1.54) is 0 Å². The minimum Gasteiger partial charge on any atom is -0.313 e. The molecule has 0 N–H and O–H groups in total. The molecule has 0 fully saturated rings. The van der Waals surface area contributed by atoms with Gasteiger partial charge in [-0.2, -0.15) is 0 Å². The highest BCUT2D eigenvalue weighted by Crippen LogP contribution is 2.14. The molecule has 2 nitrogen and oxygen atoms in total. The van der Waals surface area contributed by atoms with Crippen molar-refractivity contribution in [3.05, 3.63) is 68.6 Å². The summed E-state index contributed by atoms with van der Waals surface area (Å²) in [4.78, 5) is 12.4. The lowest BCUT2D eigenvalue weighted by atomic mass is 10.0. The maximum atomic E-state index is 12.4. The van der Waals surface area contributed by atoms with Crippen LogP contribution in [-0.4, -0.2) is 4.57 Å². The second-order valence-electron chi connectivity index (χ2n) is 5.09. The molecule has 0 saturated carbocycles. The fourth-order valence-corrected chi connectivity index (χ4v) is 2.24. The average molecular weight is 276 g/mol. The van der Waals surface area contributed by atoms with Gasteiger partial charge in [-0.1, -0.05) is 23.7 Å². The number of hydrogen-bond acceptors (Lipinski definition) is 1. The van der Waals surface area contributed by atoms with Crippen LogP contribution in [0.2, 0.25) is 5.02 Å². The lowest BCUT2D eigenvalue weighted by Crippen LogP contribution is -2.25. The van der Waals surface area contributed by atoms with E-state index in [4.69, 9.17) is 11.6 Å². The summed E-state index contributed by atoms with van der Waals surface area (Å²) < 4.78 is 1.78. The van der Waals surface area contributed by atoms with Crippen LogP contribution in [0.5, 0.6) is 0 Å². The Labute approximate surface area is 118 Å². The Morgan fingerprint density at radius 3 is 2.37 bits per heavy atom. The molecule has 0 aliphatic carbocycles. The Bertz CT molecular complexity index is 626. The van der Waals surface area contributed by atoms with Gasteiger partial charge in [-0.3, -0.25) is 4.79 Å². The van der Waals surface area contributed by atoms with Crippen molar-refractivity contribution in [1.82, 2.24) is 4.57 Å². The third-order valence-electron chi connectivity index (χ3n) is 3.30. The van der Waals surface area contributed by atoms with Crippen molar-refractivity contribution in [3.8, 4) is 0 Å². The molecule has 3 heteroatoms. The van der Waals surface area contributed by atoms with Crippen LogP contribution in [0, 0.1) is 6.92 Å². The molecule has 0 spiro atoms. The summed E-state index contributed by atoms with van der Waals surface area (Å²) in [5.74, 6) is 0. The van der Waals surface area contributed by atoms with Gasteiger partial charge >= 0.3 is 0 Å². The minimum absolute atomic E-state index is 0.102.